The van der Waals surface area contributed by atoms with Gasteiger partial charge < -0.3 is 9.31 Å². The molecule has 1 aromatic carbocycles. The third kappa shape index (κ3) is 2.67. The van der Waals surface area contributed by atoms with Crippen LogP contribution in [0.25, 0.3) is 5.57 Å². The minimum absolute atomic E-state index is 0.353. The highest BCUT2D eigenvalue weighted by atomic mass is 19.1. The second-order valence-corrected chi connectivity index (χ2v) is 6.43. The number of allylic oxidation sites excluding steroid dienone is 1. The van der Waals surface area contributed by atoms with Crippen molar-refractivity contribution in [2.45, 2.75) is 52.7 Å². The van der Waals surface area contributed by atoms with E-state index in [4.69, 9.17) is 9.31 Å². The van der Waals surface area contributed by atoms with Crippen molar-refractivity contribution in [3.8, 4) is 0 Å². The van der Waals surface area contributed by atoms with Crippen LogP contribution in [-0.2, 0) is 9.31 Å². The van der Waals surface area contributed by atoms with Gasteiger partial charge in [-0.1, -0.05) is 29.8 Å². The highest BCUT2D eigenvalue weighted by Gasteiger charge is 2.53. The number of benzene rings is 1. The summed E-state index contributed by atoms with van der Waals surface area (Å²) in [4.78, 5) is 0. The van der Waals surface area contributed by atoms with Crippen LogP contribution in [0.3, 0.4) is 0 Å². The van der Waals surface area contributed by atoms with Crippen LogP contribution in [0.4, 0.5) is 4.39 Å². The van der Waals surface area contributed by atoms with Gasteiger partial charge in [0.25, 0.3) is 0 Å². The van der Waals surface area contributed by atoms with Gasteiger partial charge in [-0.25, -0.2) is 4.39 Å². The number of halogens is 1. The summed E-state index contributed by atoms with van der Waals surface area (Å²) in [6.07, 6.45) is 0. The average Bonchev–Trinajstić information content (AvgIpc) is 2.56. The second-order valence-electron chi connectivity index (χ2n) is 6.43. The first-order valence-corrected chi connectivity index (χ1v) is 6.93. The van der Waals surface area contributed by atoms with Crippen molar-refractivity contribution >= 4 is 12.7 Å². The first kappa shape index (κ1) is 15.3. The van der Waals surface area contributed by atoms with E-state index >= 15 is 0 Å². The van der Waals surface area contributed by atoms with E-state index < -0.39 is 18.3 Å². The average molecular weight is 276 g/mol. The Labute approximate surface area is 121 Å². The standard InChI is InChI=1S/C16H22BFO2/c1-11-8-7-9-13(10-11)12(2)14(18)17-19-15(3,4)16(5,6)20-17/h7-10H,1-6H3. The van der Waals surface area contributed by atoms with Crippen LogP contribution in [-0.4, -0.2) is 18.3 Å². The number of aryl methyl sites for hydroxylation is 1. The minimum Gasteiger partial charge on any atom is -0.398 e. The lowest BCUT2D eigenvalue weighted by atomic mass is 9.83. The van der Waals surface area contributed by atoms with Crippen LogP contribution in [0.1, 0.15) is 45.7 Å². The van der Waals surface area contributed by atoms with E-state index in [0.29, 0.717) is 5.57 Å². The molecule has 0 aliphatic carbocycles. The molecule has 1 aliphatic rings. The molecule has 2 nitrogen and oxygen atoms in total. The molecule has 1 aromatic rings. The van der Waals surface area contributed by atoms with Gasteiger partial charge in [-0.15, -0.1) is 0 Å². The molecule has 4 heteroatoms. The first-order chi connectivity index (χ1) is 9.14. The molecule has 0 bridgehead atoms. The molecule has 1 aliphatic heterocycles. The normalized spacial score (nSPS) is 21.9. The molecule has 20 heavy (non-hydrogen) atoms. The van der Waals surface area contributed by atoms with Crippen molar-refractivity contribution in [1.82, 2.24) is 0 Å². The lowest BCUT2D eigenvalue weighted by molar-refractivity contribution is 0.00578. The van der Waals surface area contributed by atoms with Gasteiger partial charge in [0, 0.05) is 0 Å². The Morgan fingerprint density at radius 2 is 1.65 bits per heavy atom. The predicted octanol–water partition coefficient (Wildman–Crippen LogP) is 4.33. The fraction of sp³-hybridized carbons (Fsp3) is 0.500. The molecule has 0 spiro atoms. The molecule has 1 fully saturated rings. The topological polar surface area (TPSA) is 18.5 Å². The summed E-state index contributed by atoms with van der Waals surface area (Å²) >= 11 is 0. The third-order valence-electron chi connectivity index (χ3n) is 4.27. The summed E-state index contributed by atoms with van der Waals surface area (Å²) < 4.78 is 26.1. The molecule has 0 radical (unpaired) electrons. The van der Waals surface area contributed by atoms with E-state index in [-0.39, 0.29) is 5.73 Å². The van der Waals surface area contributed by atoms with E-state index in [2.05, 4.69) is 0 Å². The fourth-order valence-electron chi connectivity index (χ4n) is 2.14. The van der Waals surface area contributed by atoms with Crippen LogP contribution in [0, 0.1) is 6.92 Å². The van der Waals surface area contributed by atoms with Gasteiger partial charge >= 0.3 is 7.12 Å². The number of hydrogen-bond acceptors (Lipinski definition) is 2. The van der Waals surface area contributed by atoms with Crippen LogP contribution < -0.4 is 0 Å². The molecular formula is C16H22BFO2. The van der Waals surface area contributed by atoms with Crippen LogP contribution in [0.2, 0.25) is 0 Å². The lowest BCUT2D eigenvalue weighted by Crippen LogP contribution is -2.41. The van der Waals surface area contributed by atoms with E-state index in [1.165, 1.54) is 0 Å². The SMILES string of the molecule is CC(=C(F)B1OC(C)(C)C(C)(C)O1)c1cccc(C)c1. The quantitative estimate of drug-likeness (QED) is 0.748. The predicted molar refractivity (Wildman–Crippen MR) is 81.0 cm³/mol. The molecule has 108 valence electrons. The maximum absolute atomic E-state index is 14.6. The van der Waals surface area contributed by atoms with Gasteiger partial charge in [-0.05, 0) is 52.7 Å². The Bertz CT molecular complexity index is 533. The molecule has 1 saturated heterocycles. The zero-order valence-corrected chi connectivity index (χ0v) is 13.1. The van der Waals surface area contributed by atoms with Crippen molar-refractivity contribution in [3.63, 3.8) is 0 Å². The smallest absolute Gasteiger partial charge is 0.398 e. The Hall–Kier alpha value is -1.13. The van der Waals surface area contributed by atoms with Gasteiger partial charge in [0.1, 0.15) is 5.73 Å². The molecule has 0 unspecified atom stereocenters. The summed E-state index contributed by atoms with van der Waals surface area (Å²) in [5.74, 6) is 0. The summed E-state index contributed by atoms with van der Waals surface area (Å²) in [5.41, 5.74) is 1.12. The van der Waals surface area contributed by atoms with Gasteiger partial charge in [-0.2, -0.15) is 0 Å². The van der Waals surface area contributed by atoms with Crippen molar-refractivity contribution in [2.24, 2.45) is 0 Å². The highest BCUT2D eigenvalue weighted by molar-refractivity contribution is 6.55. The Kier molecular flexibility index (Phi) is 3.82. The molecule has 2 rings (SSSR count). The zero-order valence-electron chi connectivity index (χ0n) is 13.1. The van der Waals surface area contributed by atoms with E-state index in [0.717, 1.165) is 11.1 Å². The lowest BCUT2D eigenvalue weighted by Gasteiger charge is -2.32. The van der Waals surface area contributed by atoms with Gasteiger partial charge in [-0.3, -0.25) is 0 Å². The molecule has 0 N–H and O–H groups in total. The molecule has 0 aromatic heterocycles. The Balaban J connectivity index is 2.32. The fourth-order valence-corrected chi connectivity index (χ4v) is 2.14. The molecule has 0 saturated carbocycles. The summed E-state index contributed by atoms with van der Waals surface area (Å²) in [5, 5.41) is 0. The first-order valence-electron chi connectivity index (χ1n) is 6.93. The highest BCUT2D eigenvalue weighted by Crippen LogP contribution is 2.40. The summed E-state index contributed by atoms with van der Waals surface area (Å²) in [6.45, 7) is 11.4. The van der Waals surface area contributed by atoms with Crippen molar-refractivity contribution in [2.75, 3.05) is 0 Å². The second kappa shape index (κ2) is 5.01. The van der Waals surface area contributed by atoms with Gasteiger partial charge in [0.05, 0.1) is 11.2 Å². The Morgan fingerprint density at radius 3 is 2.15 bits per heavy atom. The van der Waals surface area contributed by atoms with Gasteiger partial charge in [0.15, 0.2) is 0 Å². The van der Waals surface area contributed by atoms with Crippen molar-refractivity contribution < 1.29 is 13.7 Å². The van der Waals surface area contributed by atoms with E-state index in [1.54, 1.807) is 6.92 Å². The monoisotopic (exact) mass is 276 g/mol. The van der Waals surface area contributed by atoms with Crippen LogP contribution >= 0.6 is 0 Å². The maximum Gasteiger partial charge on any atom is 0.525 e. The van der Waals surface area contributed by atoms with Crippen molar-refractivity contribution in [1.29, 1.82) is 0 Å². The number of rotatable bonds is 2. The van der Waals surface area contributed by atoms with E-state index in [1.807, 2.05) is 58.9 Å². The Morgan fingerprint density at radius 1 is 1.10 bits per heavy atom. The maximum atomic E-state index is 14.6. The zero-order chi connectivity index (χ0) is 15.1. The van der Waals surface area contributed by atoms with Gasteiger partial charge in [0.2, 0.25) is 0 Å². The number of hydrogen-bond donors (Lipinski definition) is 0. The largest absolute Gasteiger partial charge is 0.525 e. The summed E-state index contributed by atoms with van der Waals surface area (Å²) in [6, 6.07) is 7.77. The molecule has 0 atom stereocenters. The summed E-state index contributed by atoms with van der Waals surface area (Å²) in [7, 11) is -0.930. The van der Waals surface area contributed by atoms with Crippen LogP contribution in [0.5, 0.6) is 0 Å². The molecule has 0 amide bonds. The molecule has 1 heterocycles. The molecular weight excluding hydrogens is 254 g/mol. The van der Waals surface area contributed by atoms with Crippen LogP contribution in [0.15, 0.2) is 30.0 Å². The third-order valence-corrected chi connectivity index (χ3v) is 4.27. The van der Waals surface area contributed by atoms with Crippen molar-refractivity contribution in [3.05, 3.63) is 41.1 Å². The minimum atomic E-state index is -0.930. The van der Waals surface area contributed by atoms with E-state index in [9.17, 15) is 4.39 Å².